The molecule has 0 radical (unpaired) electrons. The molecular weight excluding hydrogens is 36.8 g/mol. The van der Waals surface area contributed by atoms with Crippen molar-refractivity contribution in [3.8, 4) is 0 Å². The maximum Gasteiger partial charge on any atom is 1.00 e. The SMILES string of the molecule is [Li+].[Li+].[Li+].[O-2]. The van der Waals surface area contributed by atoms with Gasteiger partial charge in [-0.3, -0.25) is 0 Å². The molecule has 0 spiro atoms. The molecule has 0 N–H and O–H groups in total. The van der Waals surface area contributed by atoms with E-state index < -0.39 is 0 Å². The molecule has 0 saturated carbocycles. The van der Waals surface area contributed by atoms with Crippen LogP contribution in [0.1, 0.15) is 0 Å². The largest absolute Gasteiger partial charge is 2.00 e. The second kappa shape index (κ2) is 21.8. The van der Waals surface area contributed by atoms with Crippen molar-refractivity contribution in [2.45, 2.75) is 0 Å². The minimum absolute atomic E-state index is 0. The molecule has 0 saturated heterocycles. The average Bonchev–Trinajstić information content (AvgIpc) is 0. The van der Waals surface area contributed by atoms with Gasteiger partial charge in [-0.15, -0.1) is 0 Å². The summed E-state index contributed by atoms with van der Waals surface area (Å²) in [5.41, 5.74) is 0. The molecule has 0 heterocycles. The first kappa shape index (κ1) is 42.3. The zero-order valence-electron chi connectivity index (χ0n) is 3.41. The van der Waals surface area contributed by atoms with E-state index in [9.17, 15) is 0 Å². The van der Waals surface area contributed by atoms with E-state index in [1.54, 1.807) is 0 Å². The second-order valence-electron chi connectivity index (χ2n) is 0. The number of hydrogen-bond donors (Lipinski definition) is 0. The third-order valence-electron chi connectivity index (χ3n) is 0. The fraction of sp³-hybridized carbons (Fsp3) is 0. The topological polar surface area (TPSA) is 28.5 Å². The van der Waals surface area contributed by atoms with Gasteiger partial charge in [-0.25, -0.2) is 0 Å². The average molecular weight is 36.8 g/mol. The van der Waals surface area contributed by atoms with Crippen LogP contribution in [0.15, 0.2) is 0 Å². The van der Waals surface area contributed by atoms with Crippen LogP contribution in [0.2, 0.25) is 0 Å². The zero-order valence-corrected chi connectivity index (χ0v) is 3.41. The van der Waals surface area contributed by atoms with Crippen molar-refractivity contribution in [2.24, 2.45) is 0 Å². The molecule has 0 fully saturated rings. The molecule has 0 unspecified atom stereocenters. The van der Waals surface area contributed by atoms with Gasteiger partial charge in [0.25, 0.3) is 0 Å². The molecule has 0 aliphatic rings. The van der Waals surface area contributed by atoms with Gasteiger partial charge in [-0.05, 0) is 0 Å². The van der Waals surface area contributed by atoms with E-state index in [0.29, 0.717) is 0 Å². The van der Waals surface area contributed by atoms with Crippen molar-refractivity contribution < 1.29 is 62.1 Å². The van der Waals surface area contributed by atoms with Crippen molar-refractivity contribution in [1.82, 2.24) is 0 Å². The van der Waals surface area contributed by atoms with E-state index in [1.165, 1.54) is 0 Å². The fourth-order valence-corrected chi connectivity index (χ4v) is 0. The Morgan fingerprint density at radius 2 is 0.500 bits per heavy atom. The summed E-state index contributed by atoms with van der Waals surface area (Å²) in [5, 5.41) is 0. The Kier molecular flexibility index (Phi) is 231. The Morgan fingerprint density at radius 1 is 0.500 bits per heavy atom. The molecule has 0 amide bonds. The van der Waals surface area contributed by atoms with Crippen LogP contribution in [0.4, 0.5) is 0 Å². The summed E-state index contributed by atoms with van der Waals surface area (Å²) in [6.45, 7) is 0. The number of rotatable bonds is 0. The summed E-state index contributed by atoms with van der Waals surface area (Å²) >= 11 is 0. The van der Waals surface area contributed by atoms with E-state index >= 15 is 0 Å². The van der Waals surface area contributed by atoms with Crippen molar-refractivity contribution in [3.05, 3.63) is 0 Å². The van der Waals surface area contributed by atoms with Gasteiger partial charge >= 0.3 is 56.6 Å². The molecule has 0 aromatic heterocycles. The Labute approximate surface area is 61.7 Å². The predicted molar refractivity (Wildman–Crippen MR) is 0.686 cm³/mol. The molecular formula is Li3O+. The summed E-state index contributed by atoms with van der Waals surface area (Å²) in [5.74, 6) is 0. The van der Waals surface area contributed by atoms with Gasteiger partial charge in [0.1, 0.15) is 0 Å². The van der Waals surface area contributed by atoms with Crippen LogP contribution >= 0.6 is 0 Å². The van der Waals surface area contributed by atoms with Gasteiger partial charge in [-0.2, -0.15) is 0 Å². The summed E-state index contributed by atoms with van der Waals surface area (Å²) in [7, 11) is 0. The van der Waals surface area contributed by atoms with Crippen LogP contribution in [0.25, 0.3) is 0 Å². The normalized spacial score (nSPS) is 0. The van der Waals surface area contributed by atoms with E-state index in [-0.39, 0.29) is 62.1 Å². The smallest absolute Gasteiger partial charge is 1.00 e. The molecule has 1 nitrogen and oxygen atoms in total. The van der Waals surface area contributed by atoms with Gasteiger partial charge < -0.3 is 5.48 Å². The Bertz CT molecular complexity index is 3.25. The van der Waals surface area contributed by atoms with Crippen LogP contribution in [-0.4, -0.2) is 0 Å². The monoisotopic (exact) mass is 37.0 g/mol. The van der Waals surface area contributed by atoms with Crippen molar-refractivity contribution >= 4 is 0 Å². The quantitative estimate of drug-likeness (QED) is 0.239. The van der Waals surface area contributed by atoms with E-state index in [2.05, 4.69) is 0 Å². The van der Waals surface area contributed by atoms with Crippen LogP contribution < -0.4 is 56.6 Å². The molecule has 0 bridgehead atoms. The van der Waals surface area contributed by atoms with Crippen LogP contribution in [0.3, 0.4) is 0 Å². The Balaban J connectivity index is 0. The standard InChI is InChI=1S/3Li.O/q3*+1;-2. The van der Waals surface area contributed by atoms with Gasteiger partial charge in [-0.1, -0.05) is 0 Å². The van der Waals surface area contributed by atoms with E-state index in [4.69, 9.17) is 0 Å². The first-order valence-corrected chi connectivity index (χ1v) is 0. The second-order valence-corrected chi connectivity index (χ2v) is 0. The molecule has 0 aromatic carbocycles. The summed E-state index contributed by atoms with van der Waals surface area (Å²) in [6.07, 6.45) is 0. The molecule has 4 heteroatoms. The van der Waals surface area contributed by atoms with Crippen molar-refractivity contribution in [2.75, 3.05) is 0 Å². The Hall–Kier alpha value is 1.75. The first-order chi connectivity index (χ1) is 0. The maximum atomic E-state index is 0. The third kappa shape index (κ3) is 9.26. The predicted octanol–water partition coefficient (Wildman–Crippen LogP) is -9.11. The van der Waals surface area contributed by atoms with Crippen molar-refractivity contribution in [1.29, 1.82) is 0 Å². The zero-order chi connectivity index (χ0) is 0. The minimum Gasteiger partial charge on any atom is -2.00 e. The molecule has 4 heavy (non-hydrogen) atoms. The van der Waals surface area contributed by atoms with Crippen molar-refractivity contribution in [3.63, 3.8) is 0 Å². The Morgan fingerprint density at radius 3 is 0.500 bits per heavy atom. The van der Waals surface area contributed by atoms with E-state index in [1.807, 2.05) is 0 Å². The van der Waals surface area contributed by atoms with Gasteiger partial charge in [0.15, 0.2) is 0 Å². The molecule has 0 aliphatic heterocycles. The first-order valence-electron chi connectivity index (χ1n) is 0. The minimum atomic E-state index is 0. The molecule has 8 valence electrons. The van der Waals surface area contributed by atoms with Crippen LogP contribution in [0.5, 0.6) is 0 Å². The van der Waals surface area contributed by atoms with Gasteiger partial charge in [0, 0.05) is 0 Å². The molecule has 0 aliphatic carbocycles. The molecule has 0 aromatic rings. The van der Waals surface area contributed by atoms with Crippen LogP contribution in [-0.2, 0) is 5.48 Å². The summed E-state index contributed by atoms with van der Waals surface area (Å²) in [6, 6.07) is 0. The molecule has 0 rings (SSSR count). The van der Waals surface area contributed by atoms with Gasteiger partial charge in [0.05, 0.1) is 0 Å². The number of hydrogen-bond acceptors (Lipinski definition) is 0. The maximum absolute atomic E-state index is 0. The summed E-state index contributed by atoms with van der Waals surface area (Å²) in [4.78, 5) is 0. The third-order valence-corrected chi connectivity index (χ3v) is 0. The van der Waals surface area contributed by atoms with Gasteiger partial charge in [0.2, 0.25) is 0 Å². The summed E-state index contributed by atoms with van der Waals surface area (Å²) < 4.78 is 0. The van der Waals surface area contributed by atoms with Crippen LogP contribution in [0, 0.1) is 0 Å². The van der Waals surface area contributed by atoms with E-state index in [0.717, 1.165) is 0 Å². The fourth-order valence-electron chi connectivity index (χ4n) is 0. The molecule has 0 atom stereocenters.